The Morgan fingerprint density at radius 3 is 2.38 bits per heavy atom. The monoisotopic (exact) mass is 624 g/mol. The van der Waals surface area contributed by atoms with Crippen LogP contribution in [0.15, 0.2) is 77.5 Å². The van der Waals surface area contributed by atoms with Crippen LogP contribution in [0.2, 0.25) is 0 Å². The van der Waals surface area contributed by atoms with E-state index in [-0.39, 0.29) is 28.2 Å². The summed E-state index contributed by atoms with van der Waals surface area (Å²) in [7, 11) is 0. The van der Waals surface area contributed by atoms with Crippen LogP contribution in [-0.4, -0.2) is 36.5 Å². The van der Waals surface area contributed by atoms with Gasteiger partial charge < -0.3 is 10.1 Å². The fourth-order valence-corrected chi connectivity index (χ4v) is 3.85. The molecule has 8 nitrogen and oxygen atoms in total. The van der Waals surface area contributed by atoms with Crippen LogP contribution in [0.1, 0.15) is 16.2 Å². The SMILES string of the molecule is O=C(Nc1cnn(COc2ccc(Br)cc2)c1)c1cc2nc(-c3ccc(F)cc3)cc(C(F)(F)C(F)(F)F)n2n1. The minimum atomic E-state index is -5.97. The summed E-state index contributed by atoms with van der Waals surface area (Å²) in [6.45, 7) is -0.00215. The molecule has 0 aliphatic carbocycles. The van der Waals surface area contributed by atoms with Gasteiger partial charge >= 0.3 is 12.1 Å². The molecule has 0 aliphatic rings. The van der Waals surface area contributed by atoms with E-state index < -0.39 is 40.9 Å². The van der Waals surface area contributed by atoms with E-state index >= 15 is 0 Å². The van der Waals surface area contributed by atoms with E-state index in [1.54, 1.807) is 24.3 Å². The third kappa shape index (κ3) is 5.50. The number of ether oxygens (including phenoxy) is 1. The highest BCUT2D eigenvalue weighted by atomic mass is 79.9. The lowest BCUT2D eigenvalue weighted by atomic mass is 10.1. The number of anilines is 1. The maximum atomic E-state index is 14.5. The Labute approximate surface area is 229 Å². The summed E-state index contributed by atoms with van der Waals surface area (Å²) in [6, 6.07) is 12.8. The number of nitrogens with one attached hydrogen (secondary N) is 1. The Kier molecular flexibility index (Phi) is 6.99. The third-order valence-electron chi connectivity index (χ3n) is 5.55. The standard InChI is InChI=1S/C25H15BrF6N6O2/c26-15-3-7-18(8-4-15)40-13-37-12-17(11-33-37)34-23(39)20-10-22-35-19(14-1-5-16(27)6-2-14)9-21(38(22)36-20)24(28,29)25(30,31)32/h1-12H,13H2,(H,34,39). The van der Waals surface area contributed by atoms with Gasteiger partial charge in [0.25, 0.3) is 5.91 Å². The van der Waals surface area contributed by atoms with Gasteiger partial charge in [-0.2, -0.15) is 32.1 Å². The van der Waals surface area contributed by atoms with Crippen molar-refractivity contribution in [3.8, 4) is 17.0 Å². The van der Waals surface area contributed by atoms with Crippen LogP contribution in [0.5, 0.6) is 5.75 Å². The Balaban J connectivity index is 1.42. The van der Waals surface area contributed by atoms with E-state index in [0.717, 1.165) is 22.7 Å². The number of fused-ring (bicyclic) bond motifs is 1. The summed E-state index contributed by atoms with van der Waals surface area (Å²) in [5.41, 5.74) is -2.55. The molecule has 0 saturated carbocycles. The van der Waals surface area contributed by atoms with Crippen molar-refractivity contribution in [3.63, 3.8) is 0 Å². The molecule has 0 radical (unpaired) electrons. The van der Waals surface area contributed by atoms with Gasteiger partial charge in [-0.05, 0) is 54.6 Å². The van der Waals surface area contributed by atoms with Crippen LogP contribution in [0.25, 0.3) is 16.9 Å². The number of halogens is 7. The normalized spacial score (nSPS) is 12.1. The quantitative estimate of drug-likeness (QED) is 0.211. The van der Waals surface area contributed by atoms with Crippen LogP contribution in [0.4, 0.5) is 32.0 Å². The molecule has 0 fully saturated rings. The first-order chi connectivity index (χ1) is 18.9. The second-order valence-corrected chi connectivity index (χ2v) is 9.27. The molecule has 40 heavy (non-hydrogen) atoms. The molecular weight excluding hydrogens is 610 g/mol. The van der Waals surface area contributed by atoms with Gasteiger partial charge in [0, 0.05) is 16.1 Å². The lowest BCUT2D eigenvalue weighted by molar-refractivity contribution is -0.291. The first kappa shape index (κ1) is 27.2. The van der Waals surface area contributed by atoms with E-state index in [0.29, 0.717) is 11.8 Å². The second kappa shape index (κ2) is 10.3. The van der Waals surface area contributed by atoms with Gasteiger partial charge in [0.15, 0.2) is 18.1 Å². The predicted octanol–water partition coefficient (Wildman–Crippen LogP) is 6.44. The largest absolute Gasteiger partial charge is 0.471 e. The average Bonchev–Trinajstić information content (AvgIpc) is 3.54. The predicted molar refractivity (Wildman–Crippen MR) is 133 cm³/mol. The van der Waals surface area contributed by atoms with Crippen LogP contribution >= 0.6 is 15.9 Å². The van der Waals surface area contributed by atoms with Gasteiger partial charge in [0.2, 0.25) is 0 Å². The smallest absolute Gasteiger partial charge is 0.459 e. The van der Waals surface area contributed by atoms with Crippen LogP contribution in [0, 0.1) is 5.82 Å². The summed E-state index contributed by atoms with van der Waals surface area (Å²) < 4.78 is 90.4. The molecule has 0 aliphatic heterocycles. The topological polar surface area (TPSA) is 86.3 Å². The Morgan fingerprint density at radius 1 is 1.00 bits per heavy atom. The van der Waals surface area contributed by atoms with Crippen LogP contribution in [-0.2, 0) is 12.7 Å². The number of rotatable bonds is 7. The molecule has 5 aromatic rings. The number of amides is 1. The Morgan fingerprint density at radius 2 is 1.70 bits per heavy atom. The Bertz CT molecular complexity index is 1680. The minimum absolute atomic E-state index is 0.00215. The molecule has 0 bridgehead atoms. The van der Waals surface area contributed by atoms with E-state index in [1.807, 2.05) is 0 Å². The van der Waals surface area contributed by atoms with Gasteiger partial charge in [0.05, 0.1) is 23.8 Å². The van der Waals surface area contributed by atoms with E-state index in [1.165, 1.54) is 29.2 Å². The van der Waals surface area contributed by atoms with E-state index in [2.05, 4.69) is 36.4 Å². The summed E-state index contributed by atoms with van der Waals surface area (Å²) in [4.78, 5) is 16.9. The van der Waals surface area contributed by atoms with Crippen molar-refractivity contribution in [2.75, 3.05) is 5.32 Å². The van der Waals surface area contributed by atoms with Crippen LogP contribution in [0.3, 0.4) is 0 Å². The van der Waals surface area contributed by atoms with E-state index in [4.69, 9.17) is 4.74 Å². The molecule has 206 valence electrons. The van der Waals surface area contributed by atoms with Gasteiger partial charge in [-0.1, -0.05) is 15.9 Å². The highest BCUT2D eigenvalue weighted by Crippen LogP contribution is 2.44. The average molecular weight is 625 g/mol. The number of carbonyl (C=O) groups is 1. The van der Waals surface area contributed by atoms with Crippen molar-refractivity contribution in [3.05, 3.63) is 94.7 Å². The summed E-state index contributed by atoms with van der Waals surface area (Å²) in [5, 5.41) is 10.2. The van der Waals surface area contributed by atoms with Crippen molar-refractivity contribution in [1.29, 1.82) is 0 Å². The second-order valence-electron chi connectivity index (χ2n) is 8.36. The summed E-state index contributed by atoms with van der Waals surface area (Å²) in [6.07, 6.45) is -3.27. The highest BCUT2D eigenvalue weighted by Gasteiger charge is 2.60. The van der Waals surface area contributed by atoms with Gasteiger partial charge in [-0.15, -0.1) is 0 Å². The third-order valence-corrected chi connectivity index (χ3v) is 6.07. The zero-order chi connectivity index (χ0) is 28.7. The molecule has 0 atom stereocenters. The summed E-state index contributed by atoms with van der Waals surface area (Å²) >= 11 is 3.31. The summed E-state index contributed by atoms with van der Waals surface area (Å²) in [5.74, 6) is -6.34. The first-order valence-electron chi connectivity index (χ1n) is 11.2. The molecule has 3 heterocycles. The van der Waals surface area contributed by atoms with Crippen molar-refractivity contribution in [1.82, 2.24) is 24.4 Å². The molecule has 0 saturated heterocycles. The van der Waals surface area contributed by atoms with Gasteiger partial charge in [-0.25, -0.2) is 18.6 Å². The molecule has 2 aromatic carbocycles. The molecule has 1 N–H and O–H groups in total. The lowest BCUT2D eigenvalue weighted by Gasteiger charge is -2.21. The zero-order valence-corrected chi connectivity index (χ0v) is 21.4. The molecule has 0 spiro atoms. The van der Waals surface area contributed by atoms with Gasteiger partial charge in [-0.3, -0.25) is 4.79 Å². The molecule has 0 unspecified atom stereocenters. The number of nitrogens with zero attached hydrogens (tertiary/aromatic N) is 5. The number of benzene rings is 2. The number of hydrogen-bond donors (Lipinski definition) is 1. The van der Waals surface area contributed by atoms with E-state index in [9.17, 15) is 31.1 Å². The minimum Gasteiger partial charge on any atom is -0.471 e. The lowest BCUT2D eigenvalue weighted by Crippen LogP contribution is -2.36. The van der Waals surface area contributed by atoms with Crippen molar-refractivity contribution in [2.45, 2.75) is 18.8 Å². The van der Waals surface area contributed by atoms with Crippen molar-refractivity contribution >= 4 is 33.2 Å². The van der Waals surface area contributed by atoms with Crippen LogP contribution < -0.4 is 10.1 Å². The molecule has 5 rings (SSSR count). The molecular formula is C25H15BrF6N6O2. The molecule has 15 heteroatoms. The van der Waals surface area contributed by atoms with Crippen molar-refractivity contribution < 1.29 is 35.9 Å². The fraction of sp³-hybridized carbons (Fsp3) is 0.120. The fourth-order valence-electron chi connectivity index (χ4n) is 3.59. The number of carbonyl (C=O) groups excluding carboxylic acids is 1. The zero-order valence-electron chi connectivity index (χ0n) is 19.8. The Hall–Kier alpha value is -4.40. The molecule has 1 amide bonds. The number of alkyl halides is 5. The maximum absolute atomic E-state index is 14.5. The maximum Gasteiger partial charge on any atom is 0.459 e. The number of aromatic nitrogens is 5. The first-order valence-corrected chi connectivity index (χ1v) is 12.0. The van der Waals surface area contributed by atoms with Gasteiger partial charge in [0.1, 0.15) is 17.3 Å². The van der Waals surface area contributed by atoms with Crippen molar-refractivity contribution in [2.24, 2.45) is 0 Å². The molecule has 3 aromatic heterocycles. The highest BCUT2D eigenvalue weighted by molar-refractivity contribution is 9.10. The number of hydrogen-bond acceptors (Lipinski definition) is 5.